The van der Waals surface area contributed by atoms with E-state index >= 15 is 0 Å². The van der Waals surface area contributed by atoms with Crippen LogP contribution in [0.1, 0.15) is 55.8 Å². The van der Waals surface area contributed by atoms with Crippen LogP contribution in [-0.2, 0) is 6.54 Å². The lowest BCUT2D eigenvalue weighted by atomic mass is 10.1. The number of unbranched alkanes of at least 4 members (excludes halogenated alkanes) is 2. The third kappa shape index (κ3) is 3.97. The van der Waals surface area contributed by atoms with E-state index in [9.17, 15) is 9.59 Å². The normalized spacial score (nSPS) is 14.9. The number of likely N-dealkylation sites (tertiary alicyclic amines) is 1. The molecule has 1 aromatic heterocycles. The summed E-state index contributed by atoms with van der Waals surface area (Å²) in [6.45, 7) is 4.51. The number of pyridine rings is 1. The average Bonchev–Trinajstić information content (AvgIpc) is 2.64. The fourth-order valence-electron chi connectivity index (χ4n) is 3.51. The number of aryl methyl sites for hydroxylation is 1. The molecule has 3 rings (SSSR count). The molecule has 1 aromatic carbocycles. The molecule has 1 saturated heterocycles. The van der Waals surface area contributed by atoms with E-state index in [1.54, 1.807) is 6.20 Å². The SMILES string of the molecule is CCCCCn1cc(C(=O)N2CCCCC2)c(=O)c2cc(Br)ccc21. The van der Waals surface area contributed by atoms with Crippen molar-refractivity contribution in [1.82, 2.24) is 9.47 Å². The molecule has 0 radical (unpaired) electrons. The number of benzene rings is 1. The number of carbonyl (C=O) groups excluding carboxylic acids is 1. The van der Waals surface area contributed by atoms with Gasteiger partial charge in [0.2, 0.25) is 5.43 Å². The Kier molecular flexibility index (Phi) is 5.94. The minimum Gasteiger partial charge on any atom is -0.346 e. The number of nitrogens with zero attached hydrogens (tertiary/aromatic N) is 2. The minimum absolute atomic E-state index is 0.115. The van der Waals surface area contributed by atoms with E-state index in [1.807, 2.05) is 23.1 Å². The van der Waals surface area contributed by atoms with Crippen LogP contribution in [0.3, 0.4) is 0 Å². The summed E-state index contributed by atoms with van der Waals surface area (Å²) in [4.78, 5) is 27.7. The smallest absolute Gasteiger partial charge is 0.259 e. The molecule has 0 unspecified atom stereocenters. The van der Waals surface area contributed by atoms with Crippen molar-refractivity contribution in [1.29, 1.82) is 0 Å². The van der Waals surface area contributed by atoms with Crippen molar-refractivity contribution in [3.05, 3.63) is 44.7 Å². The Bertz CT molecular complexity index is 822. The topological polar surface area (TPSA) is 42.3 Å². The number of amides is 1. The Hall–Kier alpha value is -1.62. The van der Waals surface area contributed by atoms with Crippen LogP contribution in [0.15, 0.2) is 33.7 Å². The predicted molar refractivity (Wildman–Crippen MR) is 105 cm³/mol. The second-order valence-corrected chi connectivity index (χ2v) is 7.70. The largest absolute Gasteiger partial charge is 0.346 e. The lowest BCUT2D eigenvalue weighted by Crippen LogP contribution is -2.38. The van der Waals surface area contributed by atoms with Gasteiger partial charge in [-0.1, -0.05) is 35.7 Å². The van der Waals surface area contributed by atoms with E-state index in [-0.39, 0.29) is 11.3 Å². The van der Waals surface area contributed by atoms with Crippen LogP contribution in [-0.4, -0.2) is 28.5 Å². The summed E-state index contributed by atoms with van der Waals surface area (Å²) >= 11 is 3.45. The number of hydrogen-bond donors (Lipinski definition) is 0. The zero-order valence-electron chi connectivity index (χ0n) is 14.8. The van der Waals surface area contributed by atoms with Gasteiger partial charge in [-0.25, -0.2) is 0 Å². The molecule has 1 aliphatic heterocycles. The first-order valence-electron chi connectivity index (χ1n) is 9.24. The Morgan fingerprint density at radius 2 is 1.92 bits per heavy atom. The van der Waals surface area contributed by atoms with Crippen molar-refractivity contribution in [2.45, 2.75) is 52.0 Å². The number of halogens is 1. The van der Waals surface area contributed by atoms with Crippen molar-refractivity contribution in [3.63, 3.8) is 0 Å². The molecule has 134 valence electrons. The second-order valence-electron chi connectivity index (χ2n) is 6.79. The van der Waals surface area contributed by atoms with Gasteiger partial charge in [0.15, 0.2) is 0 Å². The average molecular weight is 405 g/mol. The fraction of sp³-hybridized carbons (Fsp3) is 0.500. The summed E-state index contributed by atoms with van der Waals surface area (Å²) in [5.74, 6) is -0.115. The van der Waals surface area contributed by atoms with Crippen molar-refractivity contribution in [2.24, 2.45) is 0 Å². The summed E-state index contributed by atoms with van der Waals surface area (Å²) < 4.78 is 2.94. The first-order chi connectivity index (χ1) is 12.1. The van der Waals surface area contributed by atoms with Gasteiger partial charge in [-0.15, -0.1) is 0 Å². The van der Waals surface area contributed by atoms with Crippen LogP contribution in [0.4, 0.5) is 0 Å². The van der Waals surface area contributed by atoms with E-state index in [0.717, 1.165) is 68.1 Å². The lowest BCUT2D eigenvalue weighted by Gasteiger charge is -2.27. The highest BCUT2D eigenvalue weighted by Gasteiger charge is 2.22. The zero-order chi connectivity index (χ0) is 17.8. The molecule has 1 amide bonds. The van der Waals surface area contributed by atoms with Crippen molar-refractivity contribution < 1.29 is 4.79 Å². The Morgan fingerprint density at radius 3 is 2.64 bits per heavy atom. The lowest BCUT2D eigenvalue weighted by molar-refractivity contribution is 0.0722. The predicted octanol–water partition coefficient (Wildman–Crippen LogP) is 4.58. The second kappa shape index (κ2) is 8.17. The van der Waals surface area contributed by atoms with Crippen molar-refractivity contribution in [3.8, 4) is 0 Å². The highest BCUT2D eigenvalue weighted by atomic mass is 79.9. The van der Waals surface area contributed by atoms with Crippen LogP contribution in [0.5, 0.6) is 0 Å². The molecule has 1 fully saturated rings. The van der Waals surface area contributed by atoms with E-state index in [4.69, 9.17) is 0 Å². The van der Waals surface area contributed by atoms with Crippen LogP contribution >= 0.6 is 15.9 Å². The molecular weight excluding hydrogens is 380 g/mol. The van der Waals surface area contributed by atoms with Gasteiger partial charge >= 0.3 is 0 Å². The Morgan fingerprint density at radius 1 is 1.16 bits per heavy atom. The molecule has 0 aliphatic carbocycles. The van der Waals surface area contributed by atoms with Crippen LogP contribution in [0, 0.1) is 0 Å². The van der Waals surface area contributed by atoms with E-state index in [0.29, 0.717) is 10.9 Å². The minimum atomic E-state index is -0.154. The standard InChI is InChI=1S/C20H25BrN2O2/c1-2-3-5-12-23-14-17(20(25)22-10-6-4-7-11-22)19(24)16-13-15(21)8-9-18(16)23/h8-9,13-14H,2-7,10-12H2,1H3. The first-order valence-corrected chi connectivity index (χ1v) is 10.0. The van der Waals surface area contributed by atoms with Gasteiger partial charge < -0.3 is 9.47 Å². The molecule has 2 aromatic rings. The van der Waals surface area contributed by atoms with Gasteiger partial charge in [0.1, 0.15) is 5.56 Å². The van der Waals surface area contributed by atoms with E-state index in [1.165, 1.54) is 0 Å². The highest BCUT2D eigenvalue weighted by molar-refractivity contribution is 9.10. The summed E-state index contributed by atoms with van der Waals surface area (Å²) in [7, 11) is 0. The first kappa shape index (κ1) is 18.2. The molecule has 0 N–H and O–H groups in total. The molecule has 1 aliphatic rings. The maximum atomic E-state index is 13.0. The quantitative estimate of drug-likeness (QED) is 0.684. The molecule has 0 atom stereocenters. The van der Waals surface area contributed by atoms with Gasteiger partial charge in [-0.3, -0.25) is 9.59 Å². The van der Waals surface area contributed by atoms with Crippen LogP contribution in [0.25, 0.3) is 10.9 Å². The van der Waals surface area contributed by atoms with E-state index < -0.39 is 0 Å². The Labute approximate surface area is 157 Å². The summed E-state index contributed by atoms with van der Waals surface area (Å²) in [6.07, 6.45) is 8.32. The van der Waals surface area contributed by atoms with Gasteiger partial charge in [0.05, 0.1) is 5.52 Å². The summed E-state index contributed by atoms with van der Waals surface area (Å²) in [5.41, 5.74) is 1.06. The van der Waals surface area contributed by atoms with Crippen molar-refractivity contribution in [2.75, 3.05) is 13.1 Å². The molecule has 4 nitrogen and oxygen atoms in total. The molecule has 25 heavy (non-hydrogen) atoms. The number of fused-ring (bicyclic) bond motifs is 1. The molecule has 2 heterocycles. The maximum absolute atomic E-state index is 13.0. The monoisotopic (exact) mass is 404 g/mol. The highest BCUT2D eigenvalue weighted by Crippen LogP contribution is 2.20. The van der Waals surface area contributed by atoms with Crippen LogP contribution in [0.2, 0.25) is 0 Å². The van der Waals surface area contributed by atoms with Gasteiger partial charge in [-0.2, -0.15) is 0 Å². The summed E-state index contributed by atoms with van der Waals surface area (Å²) in [5, 5.41) is 0.619. The summed E-state index contributed by atoms with van der Waals surface area (Å²) in [6, 6.07) is 5.74. The van der Waals surface area contributed by atoms with Gasteiger partial charge in [-0.05, 0) is 43.9 Å². The molecular formula is C20H25BrN2O2. The van der Waals surface area contributed by atoms with Crippen LogP contribution < -0.4 is 5.43 Å². The number of aromatic nitrogens is 1. The van der Waals surface area contributed by atoms with E-state index in [2.05, 4.69) is 27.4 Å². The zero-order valence-corrected chi connectivity index (χ0v) is 16.3. The molecule has 0 saturated carbocycles. The number of rotatable bonds is 5. The molecule has 5 heteroatoms. The third-order valence-corrected chi connectivity index (χ3v) is 5.41. The fourth-order valence-corrected chi connectivity index (χ4v) is 3.87. The third-order valence-electron chi connectivity index (χ3n) is 4.92. The van der Waals surface area contributed by atoms with Gasteiger partial charge in [0.25, 0.3) is 5.91 Å². The molecule has 0 spiro atoms. The number of piperidine rings is 1. The maximum Gasteiger partial charge on any atom is 0.259 e. The number of carbonyl (C=O) groups is 1. The Balaban J connectivity index is 2.06. The molecule has 0 bridgehead atoms. The number of hydrogen-bond acceptors (Lipinski definition) is 2. The van der Waals surface area contributed by atoms with Gasteiger partial charge in [0, 0.05) is 35.7 Å². The van der Waals surface area contributed by atoms with Crippen molar-refractivity contribution >= 4 is 32.7 Å².